The lowest BCUT2D eigenvalue weighted by molar-refractivity contribution is 0.0620. The van der Waals surface area contributed by atoms with E-state index in [0.717, 1.165) is 26.9 Å². The van der Waals surface area contributed by atoms with Crippen molar-refractivity contribution in [2.24, 2.45) is 5.92 Å². The third-order valence-corrected chi connectivity index (χ3v) is 6.35. The molecule has 0 saturated carbocycles. The molecular formula is C20H21ClN2OS. The molecule has 2 aromatic carbocycles. The van der Waals surface area contributed by atoms with Gasteiger partial charge in [0.05, 0.1) is 0 Å². The molecule has 5 heteroatoms. The number of rotatable bonds is 4. The van der Waals surface area contributed by atoms with Crippen LogP contribution >= 0.6 is 23.4 Å². The molecule has 3 nitrogen and oxygen atoms in total. The first kappa shape index (κ1) is 17.0. The summed E-state index contributed by atoms with van der Waals surface area (Å²) < 4.78 is 0. The molecule has 0 unspecified atom stereocenters. The number of benzene rings is 2. The minimum Gasteiger partial charge on any atom is -0.348 e. The van der Waals surface area contributed by atoms with Crippen molar-refractivity contribution < 1.29 is 4.79 Å². The minimum atomic E-state index is 0.0399. The Morgan fingerprint density at radius 2 is 1.84 bits per heavy atom. The number of carbonyl (C=O) groups is 1. The molecule has 25 heavy (non-hydrogen) atoms. The lowest BCUT2D eigenvalue weighted by Crippen LogP contribution is -2.57. The first-order chi connectivity index (χ1) is 12.2. The summed E-state index contributed by atoms with van der Waals surface area (Å²) in [6.45, 7) is 3.37. The van der Waals surface area contributed by atoms with Crippen molar-refractivity contribution in [3.05, 3.63) is 59.1 Å². The summed E-state index contributed by atoms with van der Waals surface area (Å²) in [5, 5.41) is 3.97. The predicted octanol–water partition coefficient (Wildman–Crippen LogP) is 4.32. The van der Waals surface area contributed by atoms with E-state index in [1.807, 2.05) is 48.5 Å². The average molecular weight is 373 g/mol. The molecule has 0 spiro atoms. The third kappa shape index (κ3) is 4.02. The van der Waals surface area contributed by atoms with Gasteiger partial charge in [-0.2, -0.15) is 0 Å². The summed E-state index contributed by atoms with van der Waals surface area (Å²) in [6, 6.07) is 15.9. The van der Waals surface area contributed by atoms with Crippen molar-refractivity contribution in [2.75, 3.05) is 19.6 Å². The zero-order chi connectivity index (χ0) is 17.2. The van der Waals surface area contributed by atoms with E-state index < -0.39 is 0 Å². The van der Waals surface area contributed by atoms with Crippen LogP contribution in [0.4, 0.5) is 0 Å². The van der Waals surface area contributed by atoms with Gasteiger partial charge in [0.15, 0.2) is 0 Å². The Hall–Kier alpha value is -1.49. The Morgan fingerprint density at radius 3 is 2.48 bits per heavy atom. The third-order valence-electron chi connectivity index (χ3n) is 5.12. The second kappa shape index (κ2) is 7.40. The monoisotopic (exact) mass is 372 g/mol. The van der Waals surface area contributed by atoms with Crippen molar-refractivity contribution in [1.82, 2.24) is 10.2 Å². The molecule has 0 aliphatic carbocycles. The number of piperidine rings is 3. The maximum absolute atomic E-state index is 12.5. The molecule has 3 aliphatic rings. The fraction of sp³-hybridized carbons (Fsp3) is 0.350. The Labute approximate surface area is 157 Å². The number of halogens is 1. The van der Waals surface area contributed by atoms with Crippen LogP contribution in [0.1, 0.15) is 23.2 Å². The van der Waals surface area contributed by atoms with Gasteiger partial charge in [-0.25, -0.2) is 0 Å². The highest BCUT2D eigenvalue weighted by atomic mass is 35.5. The molecule has 1 N–H and O–H groups in total. The zero-order valence-corrected chi connectivity index (χ0v) is 15.5. The second-order valence-electron chi connectivity index (χ2n) is 6.80. The Kier molecular flexibility index (Phi) is 5.02. The van der Waals surface area contributed by atoms with Gasteiger partial charge in [-0.05, 0) is 74.3 Å². The van der Waals surface area contributed by atoms with Gasteiger partial charge in [0.2, 0.25) is 0 Å². The van der Waals surface area contributed by atoms with Crippen molar-refractivity contribution >= 4 is 29.3 Å². The van der Waals surface area contributed by atoms with E-state index in [0.29, 0.717) is 12.0 Å². The lowest BCUT2D eigenvalue weighted by Gasteiger charge is -2.44. The Balaban J connectivity index is 1.39. The molecule has 0 aromatic heterocycles. The number of carbonyl (C=O) groups excluding carboxylic acids is 1. The van der Waals surface area contributed by atoms with E-state index in [2.05, 4.69) is 10.2 Å². The van der Waals surface area contributed by atoms with E-state index in [4.69, 9.17) is 11.6 Å². The topological polar surface area (TPSA) is 32.3 Å². The molecule has 2 bridgehead atoms. The van der Waals surface area contributed by atoms with Gasteiger partial charge < -0.3 is 10.2 Å². The van der Waals surface area contributed by atoms with Gasteiger partial charge >= 0.3 is 0 Å². The van der Waals surface area contributed by atoms with Crippen LogP contribution in [0.3, 0.4) is 0 Å². The second-order valence-corrected chi connectivity index (χ2v) is 8.39. The molecule has 1 atom stereocenters. The van der Waals surface area contributed by atoms with Gasteiger partial charge in [-0.3, -0.25) is 4.79 Å². The zero-order valence-electron chi connectivity index (χ0n) is 14.0. The Bertz CT molecular complexity index is 757. The summed E-state index contributed by atoms with van der Waals surface area (Å²) >= 11 is 7.67. The van der Waals surface area contributed by atoms with E-state index in [9.17, 15) is 4.79 Å². The standard InChI is InChI=1S/C20H21ClN2OS/c21-16-2-1-3-18(12-16)25-17-6-4-15(5-7-17)20(24)22-19-13-23-10-8-14(19)9-11-23/h1-7,12,14,19H,8-11,13H2,(H,22,24)/t19-/m0/s1. The summed E-state index contributed by atoms with van der Waals surface area (Å²) in [4.78, 5) is 17.2. The molecule has 5 rings (SSSR count). The van der Waals surface area contributed by atoms with Crippen LogP contribution in [-0.2, 0) is 0 Å². The average Bonchev–Trinajstić information content (AvgIpc) is 2.63. The van der Waals surface area contributed by atoms with Crippen LogP contribution in [0, 0.1) is 5.92 Å². The lowest BCUT2D eigenvalue weighted by atomic mass is 9.84. The molecule has 130 valence electrons. The van der Waals surface area contributed by atoms with Crippen molar-refractivity contribution in [1.29, 1.82) is 0 Å². The fourth-order valence-corrected chi connectivity index (χ4v) is 4.85. The predicted molar refractivity (Wildman–Crippen MR) is 102 cm³/mol. The van der Waals surface area contributed by atoms with E-state index in [1.165, 1.54) is 25.9 Å². The van der Waals surface area contributed by atoms with Gasteiger partial charge in [0.1, 0.15) is 0 Å². The first-order valence-electron chi connectivity index (χ1n) is 8.74. The molecule has 3 heterocycles. The number of hydrogen-bond donors (Lipinski definition) is 1. The first-order valence-corrected chi connectivity index (χ1v) is 9.93. The van der Waals surface area contributed by atoms with Crippen LogP contribution in [0.5, 0.6) is 0 Å². The van der Waals surface area contributed by atoms with Gasteiger partial charge in [0, 0.05) is 33.0 Å². The fourth-order valence-electron chi connectivity index (χ4n) is 3.72. The van der Waals surface area contributed by atoms with Crippen LogP contribution in [-0.4, -0.2) is 36.5 Å². The maximum atomic E-state index is 12.5. The Morgan fingerprint density at radius 1 is 1.08 bits per heavy atom. The summed E-state index contributed by atoms with van der Waals surface area (Å²) in [6.07, 6.45) is 2.42. The van der Waals surface area contributed by atoms with E-state index >= 15 is 0 Å². The van der Waals surface area contributed by atoms with Gasteiger partial charge in [-0.1, -0.05) is 29.4 Å². The van der Waals surface area contributed by atoms with Crippen molar-refractivity contribution in [3.63, 3.8) is 0 Å². The summed E-state index contributed by atoms with van der Waals surface area (Å²) in [5.74, 6) is 0.685. The molecule has 3 saturated heterocycles. The van der Waals surface area contributed by atoms with E-state index in [1.54, 1.807) is 11.8 Å². The van der Waals surface area contributed by atoms with Crippen molar-refractivity contribution in [3.8, 4) is 0 Å². The van der Waals surface area contributed by atoms with Crippen LogP contribution in [0.15, 0.2) is 58.3 Å². The molecular weight excluding hydrogens is 352 g/mol. The highest BCUT2D eigenvalue weighted by Gasteiger charge is 2.34. The van der Waals surface area contributed by atoms with Crippen LogP contribution < -0.4 is 5.32 Å². The van der Waals surface area contributed by atoms with Crippen molar-refractivity contribution in [2.45, 2.75) is 28.7 Å². The number of nitrogens with one attached hydrogen (secondary N) is 1. The largest absolute Gasteiger partial charge is 0.348 e. The van der Waals surface area contributed by atoms with Crippen LogP contribution in [0.25, 0.3) is 0 Å². The maximum Gasteiger partial charge on any atom is 0.251 e. The number of nitrogens with zero attached hydrogens (tertiary/aromatic N) is 1. The highest BCUT2D eigenvalue weighted by molar-refractivity contribution is 7.99. The quantitative estimate of drug-likeness (QED) is 0.867. The number of amides is 1. The molecule has 2 aromatic rings. The number of hydrogen-bond acceptors (Lipinski definition) is 3. The smallest absolute Gasteiger partial charge is 0.251 e. The SMILES string of the molecule is O=C(N[C@H]1CN2CCC1CC2)c1ccc(Sc2cccc(Cl)c2)cc1. The highest BCUT2D eigenvalue weighted by Crippen LogP contribution is 2.30. The molecule has 1 amide bonds. The summed E-state index contributed by atoms with van der Waals surface area (Å²) in [7, 11) is 0. The van der Waals surface area contributed by atoms with Gasteiger partial charge in [-0.15, -0.1) is 0 Å². The normalized spacial score (nSPS) is 24.9. The summed E-state index contributed by atoms with van der Waals surface area (Å²) in [5.41, 5.74) is 0.729. The van der Waals surface area contributed by atoms with Gasteiger partial charge in [0.25, 0.3) is 5.91 Å². The molecule has 0 radical (unpaired) electrons. The minimum absolute atomic E-state index is 0.0399. The van der Waals surface area contributed by atoms with E-state index in [-0.39, 0.29) is 5.91 Å². The molecule has 3 fully saturated rings. The molecule has 3 aliphatic heterocycles. The van der Waals surface area contributed by atoms with Crippen LogP contribution in [0.2, 0.25) is 5.02 Å². The number of fused-ring (bicyclic) bond motifs is 3.